The van der Waals surface area contributed by atoms with E-state index in [1.165, 1.54) is 0 Å². The fourth-order valence-electron chi connectivity index (χ4n) is 1.99. The number of benzene rings is 2. The van der Waals surface area contributed by atoms with Crippen LogP contribution in [-0.2, 0) is 0 Å². The molecule has 4 nitrogen and oxygen atoms in total. The number of aromatic amines is 1. The lowest BCUT2D eigenvalue weighted by molar-refractivity contribution is 0.475. The quantitative estimate of drug-likeness (QED) is 0.735. The molecule has 0 amide bonds. The smallest absolute Gasteiger partial charge is 0.181 e. The standard InChI is InChI=1S/C15H13N3O/c1-10-5-2-3-8-13(10)15-16-14(17-18-15)11-6-4-7-12(19)9-11/h2-9,19H,1H3,(H,16,17,18). The van der Waals surface area contributed by atoms with Gasteiger partial charge in [0.2, 0.25) is 0 Å². The van der Waals surface area contributed by atoms with E-state index in [1.807, 2.05) is 37.3 Å². The summed E-state index contributed by atoms with van der Waals surface area (Å²) in [6, 6.07) is 14.9. The summed E-state index contributed by atoms with van der Waals surface area (Å²) in [7, 11) is 0. The first-order valence-corrected chi connectivity index (χ1v) is 6.02. The highest BCUT2D eigenvalue weighted by Gasteiger charge is 2.09. The molecule has 3 aromatic rings. The number of phenols is 1. The predicted molar refractivity (Wildman–Crippen MR) is 73.7 cm³/mol. The molecule has 94 valence electrons. The van der Waals surface area contributed by atoms with Gasteiger partial charge in [-0.1, -0.05) is 36.4 Å². The molecule has 0 spiro atoms. The van der Waals surface area contributed by atoms with Crippen molar-refractivity contribution in [1.29, 1.82) is 0 Å². The van der Waals surface area contributed by atoms with Crippen molar-refractivity contribution in [3.05, 3.63) is 54.1 Å². The first-order valence-electron chi connectivity index (χ1n) is 6.02. The van der Waals surface area contributed by atoms with Gasteiger partial charge in [-0.2, -0.15) is 5.10 Å². The number of H-pyrrole nitrogens is 1. The maximum atomic E-state index is 9.48. The molecular formula is C15H13N3O. The highest BCUT2D eigenvalue weighted by atomic mass is 16.3. The number of rotatable bonds is 2. The zero-order valence-corrected chi connectivity index (χ0v) is 10.5. The van der Waals surface area contributed by atoms with Crippen molar-refractivity contribution in [3.63, 3.8) is 0 Å². The lowest BCUT2D eigenvalue weighted by Crippen LogP contribution is -1.84. The Morgan fingerprint density at radius 2 is 1.89 bits per heavy atom. The number of hydrogen-bond donors (Lipinski definition) is 2. The number of aromatic hydroxyl groups is 1. The van der Waals surface area contributed by atoms with E-state index in [9.17, 15) is 5.11 Å². The van der Waals surface area contributed by atoms with Crippen LogP contribution in [0.3, 0.4) is 0 Å². The van der Waals surface area contributed by atoms with E-state index in [0.717, 1.165) is 22.5 Å². The lowest BCUT2D eigenvalue weighted by Gasteiger charge is -1.99. The molecule has 0 saturated carbocycles. The van der Waals surface area contributed by atoms with Gasteiger partial charge in [0, 0.05) is 11.1 Å². The van der Waals surface area contributed by atoms with Gasteiger partial charge in [-0.3, -0.25) is 5.10 Å². The summed E-state index contributed by atoms with van der Waals surface area (Å²) >= 11 is 0. The third-order valence-corrected chi connectivity index (χ3v) is 2.99. The predicted octanol–water partition coefficient (Wildman–Crippen LogP) is 3.15. The Morgan fingerprint density at radius 3 is 2.68 bits per heavy atom. The largest absolute Gasteiger partial charge is 0.508 e. The molecule has 0 aliphatic carbocycles. The van der Waals surface area contributed by atoms with E-state index >= 15 is 0 Å². The van der Waals surface area contributed by atoms with E-state index in [0.29, 0.717) is 5.82 Å². The van der Waals surface area contributed by atoms with Crippen molar-refractivity contribution >= 4 is 0 Å². The van der Waals surface area contributed by atoms with Gasteiger partial charge in [0.1, 0.15) is 5.75 Å². The Bertz CT molecular complexity index is 719. The van der Waals surface area contributed by atoms with Gasteiger partial charge in [-0.15, -0.1) is 0 Å². The van der Waals surface area contributed by atoms with Gasteiger partial charge in [-0.25, -0.2) is 4.98 Å². The highest BCUT2D eigenvalue weighted by Crippen LogP contribution is 2.24. The fraction of sp³-hybridized carbons (Fsp3) is 0.0667. The minimum Gasteiger partial charge on any atom is -0.508 e. The molecule has 3 rings (SSSR count). The van der Waals surface area contributed by atoms with Gasteiger partial charge in [0.15, 0.2) is 11.6 Å². The average molecular weight is 251 g/mol. The molecule has 0 bridgehead atoms. The summed E-state index contributed by atoms with van der Waals surface area (Å²) in [6.45, 7) is 2.03. The number of aromatic nitrogens is 3. The number of nitrogens with one attached hydrogen (secondary N) is 1. The number of phenolic OH excluding ortho intramolecular Hbond substituents is 1. The molecule has 0 atom stereocenters. The Hall–Kier alpha value is -2.62. The van der Waals surface area contributed by atoms with Crippen LogP contribution in [0.1, 0.15) is 5.56 Å². The SMILES string of the molecule is Cc1ccccc1-c1nc(-c2cccc(O)c2)n[nH]1. The normalized spacial score (nSPS) is 10.6. The molecule has 2 aromatic carbocycles. The Kier molecular flexibility index (Phi) is 2.76. The second-order valence-corrected chi connectivity index (χ2v) is 4.37. The molecule has 0 unspecified atom stereocenters. The third kappa shape index (κ3) is 2.20. The van der Waals surface area contributed by atoms with Gasteiger partial charge < -0.3 is 5.11 Å². The van der Waals surface area contributed by atoms with E-state index in [1.54, 1.807) is 18.2 Å². The molecule has 0 saturated heterocycles. The van der Waals surface area contributed by atoms with Gasteiger partial charge in [0.05, 0.1) is 0 Å². The van der Waals surface area contributed by atoms with E-state index in [2.05, 4.69) is 15.2 Å². The van der Waals surface area contributed by atoms with E-state index in [-0.39, 0.29) is 5.75 Å². The molecule has 0 aliphatic rings. The summed E-state index contributed by atoms with van der Waals surface area (Å²) < 4.78 is 0. The molecule has 0 aliphatic heterocycles. The second-order valence-electron chi connectivity index (χ2n) is 4.37. The van der Waals surface area contributed by atoms with Gasteiger partial charge >= 0.3 is 0 Å². The minimum atomic E-state index is 0.208. The Labute approximate surface area is 110 Å². The van der Waals surface area contributed by atoms with E-state index in [4.69, 9.17) is 0 Å². The van der Waals surface area contributed by atoms with Crippen LogP contribution < -0.4 is 0 Å². The molecular weight excluding hydrogens is 238 g/mol. The van der Waals surface area contributed by atoms with Crippen LogP contribution in [0.5, 0.6) is 5.75 Å². The van der Waals surface area contributed by atoms with Crippen molar-refractivity contribution in [2.24, 2.45) is 0 Å². The third-order valence-electron chi connectivity index (χ3n) is 2.99. The van der Waals surface area contributed by atoms with Crippen molar-refractivity contribution in [2.45, 2.75) is 6.92 Å². The fourth-order valence-corrected chi connectivity index (χ4v) is 1.99. The number of aryl methyl sites for hydroxylation is 1. The van der Waals surface area contributed by atoms with Crippen LogP contribution in [0.15, 0.2) is 48.5 Å². The molecule has 0 fully saturated rings. The van der Waals surface area contributed by atoms with Gasteiger partial charge in [0.25, 0.3) is 0 Å². The second kappa shape index (κ2) is 4.57. The van der Waals surface area contributed by atoms with Crippen LogP contribution in [0.25, 0.3) is 22.8 Å². The number of nitrogens with zero attached hydrogens (tertiary/aromatic N) is 2. The van der Waals surface area contributed by atoms with E-state index < -0.39 is 0 Å². The molecule has 2 N–H and O–H groups in total. The maximum absolute atomic E-state index is 9.48. The van der Waals surface area contributed by atoms with Crippen molar-refractivity contribution < 1.29 is 5.11 Å². The summed E-state index contributed by atoms with van der Waals surface area (Å²) in [5, 5.41) is 16.6. The Morgan fingerprint density at radius 1 is 1.05 bits per heavy atom. The van der Waals surface area contributed by atoms with Crippen LogP contribution in [0.4, 0.5) is 0 Å². The molecule has 1 heterocycles. The monoisotopic (exact) mass is 251 g/mol. The summed E-state index contributed by atoms with van der Waals surface area (Å²) in [4.78, 5) is 4.47. The molecule has 1 aromatic heterocycles. The van der Waals surface area contributed by atoms with Crippen molar-refractivity contribution in [3.8, 4) is 28.5 Å². The van der Waals surface area contributed by atoms with Crippen molar-refractivity contribution in [2.75, 3.05) is 0 Å². The van der Waals surface area contributed by atoms with Crippen molar-refractivity contribution in [1.82, 2.24) is 15.2 Å². The summed E-state index contributed by atoms with van der Waals surface area (Å²) in [5.74, 6) is 1.52. The molecule has 4 heteroatoms. The van der Waals surface area contributed by atoms with Crippen LogP contribution in [-0.4, -0.2) is 20.3 Å². The molecule has 19 heavy (non-hydrogen) atoms. The summed E-state index contributed by atoms with van der Waals surface area (Å²) in [5.41, 5.74) is 2.96. The maximum Gasteiger partial charge on any atom is 0.181 e. The highest BCUT2D eigenvalue weighted by molar-refractivity contribution is 5.64. The topological polar surface area (TPSA) is 61.8 Å². The Balaban J connectivity index is 2.03. The first-order chi connectivity index (χ1) is 9.24. The van der Waals surface area contributed by atoms with Crippen LogP contribution in [0, 0.1) is 6.92 Å². The first kappa shape index (κ1) is 11.5. The minimum absolute atomic E-state index is 0.208. The molecule has 0 radical (unpaired) electrons. The average Bonchev–Trinajstić information content (AvgIpc) is 2.89. The summed E-state index contributed by atoms with van der Waals surface area (Å²) in [6.07, 6.45) is 0. The zero-order chi connectivity index (χ0) is 13.2. The van der Waals surface area contributed by atoms with Gasteiger partial charge in [-0.05, 0) is 24.6 Å². The van der Waals surface area contributed by atoms with Crippen LogP contribution in [0.2, 0.25) is 0 Å². The lowest BCUT2D eigenvalue weighted by atomic mass is 10.1. The number of hydrogen-bond acceptors (Lipinski definition) is 3. The zero-order valence-electron chi connectivity index (χ0n) is 10.5. The van der Waals surface area contributed by atoms with Crippen LogP contribution >= 0.6 is 0 Å².